The molecule has 4 heterocycles. The summed E-state index contributed by atoms with van der Waals surface area (Å²) in [7, 11) is 0. The zero-order valence-electron chi connectivity index (χ0n) is 13.2. The number of rotatable bonds is 1. The van der Waals surface area contributed by atoms with Crippen molar-refractivity contribution in [1.29, 1.82) is 0 Å². The van der Waals surface area contributed by atoms with Crippen molar-refractivity contribution in [2.24, 2.45) is 5.92 Å². The molecule has 1 aliphatic carbocycles. The molecule has 1 unspecified atom stereocenters. The lowest BCUT2D eigenvalue weighted by Gasteiger charge is -2.57. The molecule has 3 aliphatic heterocycles. The molecular weight excluding hydrogens is 272 g/mol. The quantitative estimate of drug-likeness (QED) is 0.849. The highest BCUT2D eigenvalue weighted by Gasteiger charge is 2.55. The summed E-state index contributed by atoms with van der Waals surface area (Å²) in [6.07, 6.45) is 4.22. The monoisotopic (exact) mass is 296 g/mol. The van der Waals surface area contributed by atoms with Crippen LogP contribution >= 0.6 is 0 Å². The molecule has 5 atom stereocenters. The van der Waals surface area contributed by atoms with Gasteiger partial charge >= 0.3 is 0 Å². The van der Waals surface area contributed by atoms with E-state index in [0.29, 0.717) is 17.9 Å². The van der Waals surface area contributed by atoms with Crippen molar-refractivity contribution >= 4 is 10.9 Å². The SMILES string of the molecule is CC[C@]1(O)C[C@@H]2C[C@H]3c4[nH]c5ccccc5c4CCN(C2)[C@H]31. The van der Waals surface area contributed by atoms with Crippen LogP contribution in [0.2, 0.25) is 0 Å². The van der Waals surface area contributed by atoms with Crippen molar-refractivity contribution in [1.82, 2.24) is 9.88 Å². The highest BCUT2D eigenvalue weighted by atomic mass is 16.3. The van der Waals surface area contributed by atoms with E-state index in [4.69, 9.17) is 0 Å². The first-order valence-corrected chi connectivity index (χ1v) is 8.75. The van der Waals surface area contributed by atoms with Crippen molar-refractivity contribution in [3.63, 3.8) is 0 Å². The number of nitrogens with one attached hydrogen (secondary N) is 1. The predicted octanol–water partition coefficient (Wildman–Crippen LogP) is 3.04. The summed E-state index contributed by atoms with van der Waals surface area (Å²) in [4.78, 5) is 6.31. The number of nitrogens with zero attached hydrogens (tertiary/aromatic N) is 1. The molecule has 0 radical (unpaired) electrons. The van der Waals surface area contributed by atoms with Crippen molar-refractivity contribution < 1.29 is 5.11 Å². The molecular formula is C19H24N2O. The highest BCUT2D eigenvalue weighted by Crippen LogP contribution is 2.52. The fourth-order valence-electron chi connectivity index (χ4n) is 5.67. The molecule has 1 aromatic carbocycles. The number of para-hydroxylation sites is 1. The first-order chi connectivity index (χ1) is 10.7. The zero-order chi connectivity index (χ0) is 14.9. The van der Waals surface area contributed by atoms with E-state index < -0.39 is 5.60 Å². The summed E-state index contributed by atoms with van der Waals surface area (Å²) in [6, 6.07) is 8.99. The van der Waals surface area contributed by atoms with Crippen LogP contribution in [0.3, 0.4) is 0 Å². The van der Waals surface area contributed by atoms with Gasteiger partial charge in [-0.05, 0) is 43.2 Å². The van der Waals surface area contributed by atoms with Crippen molar-refractivity contribution in [2.75, 3.05) is 13.1 Å². The predicted molar refractivity (Wildman–Crippen MR) is 88.1 cm³/mol. The van der Waals surface area contributed by atoms with Gasteiger partial charge in [-0.3, -0.25) is 4.90 Å². The van der Waals surface area contributed by atoms with E-state index >= 15 is 0 Å². The summed E-state index contributed by atoms with van der Waals surface area (Å²) in [5.41, 5.74) is 3.70. The number of aromatic amines is 1. The number of piperidine rings is 2. The standard InChI is InChI=1S/C19H24N2O/c1-2-19(22)10-12-9-15-17-14(7-8-21(11-12)18(15)19)13-5-3-4-6-16(13)20-17/h3-6,12,15,18,20,22H,2,7-11H2,1H3/t12-,15-,18+,19-/m0/s1. The molecule has 22 heavy (non-hydrogen) atoms. The van der Waals surface area contributed by atoms with Crippen molar-refractivity contribution in [3.05, 3.63) is 35.5 Å². The lowest BCUT2D eigenvalue weighted by atomic mass is 9.63. The summed E-state index contributed by atoms with van der Waals surface area (Å²) in [6.45, 7) is 4.43. The molecule has 4 aliphatic rings. The van der Waals surface area contributed by atoms with Crippen molar-refractivity contribution in [2.45, 2.75) is 50.2 Å². The first-order valence-electron chi connectivity index (χ1n) is 8.75. The van der Waals surface area contributed by atoms with Crippen molar-refractivity contribution in [3.8, 4) is 0 Å². The second kappa shape index (κ2) is 4.36. The molecule has 3 fully saturated rings. The number of aromatic nitrogens is 1. The smallest absolute Gasteiger partial charge is 0.0809 e. The molecule has 2 saturated heterocycles. The Morgan fingerprint density at radius 3 is 3.09 bits per heavy atom. The summed E-state index contributed by atoms with van der Waals surface area (Å²) in [5.74, 6) is 1.12. The summed E-state index contributed by atoms with van der Waals surface area (Å²) >= 11 is 0. The van der Waals surface area contributed by atoms with E-state index in [1.807, 2.05) is 0 Å². The van der Waals surface area contributed by atoms with Gasteiger partial charge in [0, 0.05) is 41.6 Å². The number of fused-ring (bicyclic) bond motifs is 4. The molecule has 3 heteroatoms. The van der Waals surface area contributed by atoms with Gasteiger partial charge < -0.3 is 10.1 Å². The molecule has 6 rings (SSSR count). The zero-order valence-corrected chi connectivity index (χ0v) is 13.2. The molecule has 0 spiro atoms. The van der Waals surface area contributed by atoms with Gasteiger partial charge in [0.05, 0.1) is 5.60 Å². The third kappa shape index (κ3) is 1.59. The molecule has 1 aromatic heterocycles. The summed E-state index contributed by atoms with van der Waals surface area (Å²) in [5, 5.41) is 12.6. The van der Waals surface area contributed by atoms with Crippen LogP contribution in [0.1, 0.15) is 43.4 Å². The third-order valence-corrected chi connectivity index (χ3v) is 6.53. The summed E-state index contributed by atoms with van der Waals surface area (Å²) < 4.78 is 0. The van der Waals surface area contributed by atoms with Crippen LogP contribution in [0.5, 0.6) is 0 Å². The Kier molecular flexibility index (Phi) is 2.61. The molecule has 2 aromatic rings. The Balaban J connectivity index is 1.71. The average Bonchev–Trinajstić information content (AvgIpc) is 2.86. The molecule has 3 nitrogen and oxygen atoms in total. The van der Waals surface area contributed by atoms with Gasteiger partial charge in [-0.1, -0.05) is 25.1 Å². The van der Waals surface area contributed by atoms with E-state index in [9.17, 15) is 5.11 Å². The van der Waals surface area contributed by atoms with Gasteiger partial charge in [0.1, 0.15) is 0 Å². The van der Waals surface area contributed by atoms with Crippen LogP contribution in [0.4, 0.5) is 0 Å². The maximum absolute atomic E-state index is 11.2. The minimum absolute atomic E-state index is 0.303. The number of H-pyrrole nitrogens is 1. The van der Waals surface area contributed by atoms with E-state index in [-0.39, 0.29) is 0 Å². The van der Waals surface area contributed by atoms with E-state index in [2.05, 4.69) is 41.1 Å². The normalized spacial score (nSPS) is 39.7. The van der Waals surface area contributed by atoms with Crippen LogP contribution < -0.4 is 0 Å². The Bertz CT molecular complexity index is 736. The third-order valence-electron chi connectivity index (χ3n) is 6.53. The van der Waals surface area contributed by atoms with Gasteiger partial charge in [-0.25, -0.2) is 0 Å². The largest absolute Gasteiger partial charge is 0.388 e. The highest BCUT2D eigenvalue weighted by molar-refractivity contribution is 5.85. The number of benzene rings is 1. The molecule has 0 amide bonds. The second-order valence-electron chi connectivity index (χ2n) is 7.62. The minimum atomic E-state index is -0.495. The second-order valence-corrected chi connectivity index (χ2v) is 7.62. The maximum Gasteiger partial charge on any atom is 0.0809 e. The van der Waals surface area contributed by atoms with Gasteiger partial charge in [0.15, 0.2) is 0 Å². The van der Waals surface area contributed by atoms with Crippen LogP contribution in [-0.2, 0) is 6.42 Å². The van der Waals surface area contributed by atoms with Gasteiger partial charge in [-0.2, -0.15) is 0 Å². The topological polar surface area (TPSA) is 39.3 Å². The lowest BCUT2D eigenvalue weighted by molar-refractivity contribution is -0.141. The molecule has 1 saturated carbocycles. The minimum Gasteiger partial charge on any atom is -0.388 e. The van der Waals surface area contributed by atoms with E-state index in [1.54, 1.807) is 0 Å². The Labute approximate surface area is 131 Å². The van der Waals surface area contributed by atoms with Crippen LogP contribution in [0.25, 0.3) is 10.9 Å². The first kappa shape index (κ1) is 13.1. The Morgan fingerprint density at radius 1 is 1.36 bits per heavy atom. The number of hydrogen-bond acceptors (Lipinski definition) is 2. The maximum atomic E-state index is 11.2. The van der Waals surface area contributed by atoms with Crippen LogP contribution in [-0.4, -0.2) is 39.7 Å². The lowest BCUT2D eigenvalue weighted by Crippen LogP contribution is -2.65. The van der Waals surface area contributed by atoms with E-state index in [0.717, 1.165) is 25.8 Å². The number of aliphatic hydroxyl groups is 1. The van der Waals surface area contributed by atoms with Gasteiger partial charge in [0.25, 0.3) is 0 Å². The van der Waals surface area contributed by atoms with E-state index in [1.165, 1.54) is 35.1 Å². The Hall–Kier alpha value is -1.32. The van der Waals surface area contributed by atoms with Gasteiger partial charge in [0.2, 0.25) is 0 Å². The fraction of sp³-hybridized carbons (Fsp3) is 0.579. The fourth-order valence-corrected chi connectivity index (χ4v) is 5.67. The Morgan fingerprint density at radius 2 is 2.23 bits per heavy atom. The molecule has 116 valence electrons. The van der Waals surface area contributed by atoms with Crippen LogP contribution in [0, 0.1) is 5.92 Å². The van der Waals surface area contributed by atoms with Gasteiger partial charge in [-0.15, -0.1) is 0 Å². The average molecular weight is 296 g/mol. The number of hydrogen-bond donors (Lipinski definition) is 2. The molecule has 2 N–H and O–H groups in total. The van der Waals surface area contributed by atoms with Crippen LogP contribution in [0.15, 0.2) is 24.3 Å². The molecule has 4 bridgehead atoms.